The lowest BCUT2D eigenvalue weighted by atomic mass is 10.1. The van der Waals surface area contributed by atoms with Crippen molar-refractivity contribution in [2.75, 3.05) is 4.90 Å². The highest BCUT2D eigenvalue weighted by molar-refractivity contribution is 7.21. The molecular formula is C19H21Cl2N5S. The smallest absolute Gasteiger partial charge is 0.219 e. The molecule has 1 aliphatic heterocycles. The van der Waals surface area contributed by atoms with E-state index in [1.54, 1.807) is 17.7 Å². The van der Waals surface area contributed by atoms with Crippen LogP contribution in [0.1, 0.15) is 19.4 Å². The van der Waals surface area contributed by atoms with Crippen LogP contribution in [0, 0.1) is 6.92 Å². The third-order valence-electron chi connectivity index (χ3n) is 4.22. The zero-order valence-corrected chi connectivity index (χ0v) is 17.7. The molecule has 0 fully saturated rings. The Hall–Kier alpha value is -2.15. The van der Waals surface area contributed by atoms with Gasteiger partial charge < -0.3 is 10.6 Å². The predicted octanol–water partition coefficient (Wildman–Crippen LogP) is 5.01. The zero-order chi connectivity index (χ0) is 17.6. The molecule has 0 atom stereocenters. The van der Waals surface area contributed by atoms with Crippen molar-refractivity contribution in [3.05, 3.63) is 48.0 Å². The van der Waals surface area contributed by atoms with Gasteiger partial charge in [0.05, 0.1) is 10.2 Å². The van der Waals surface area contributed by atoms with Crippen molar-refractivity contribution in [3.8, 4) is 10.6 Å². The fourth-order valence-electron chi connectivity index (χ4n) is 2.92. The van der Waals surface area contributed by atoms with Gasteiger partial charge in [-0.3, -0.25) is 0 Å². The Kier molecular flexibility index (Phi) is 6.14. The molecule has 0 saturated heterocycles. The average Bonchev–Trinajstić information content (AvgIpc) is 2.97. The van der Waals surface area contributed by atoms with Crippen molar-refractivity contribution in [2.45, 2.75) is 26.4 Å². The number of guanidine groups is 1. The number of rotatable bonds is 2. The summed E-state index contributed by atoms with van der Waals surface area (Å²) in [6.45, 7) is 6.12. The van der Waals surface area contributed by atoms with Gasteiger partial charge in [0.1, 0.15) is 17.0 Å². The van der Waals surface area contributed by atoms with Crippen LogP contribution in [0.2, 0.25) is 0 Å². The first-order valence-corrected chi connectivity index (χ1v) is 8.90. The normalized spacial score (nSPS) is 15.1. The van der Waals surface area contributed by atoms with Gasteiger partial charge in [0, 0.05) is 11.3 Å². The van der Waals surface area contributed by atoms with Gasteiger partial charge in [0.15, 0.2) is 0 Å². The van der Waals surface area contributed by atoms with Crippen LogP contribution >= 0.6 is 36.2 Å². The first-order valence-electron chi connectivity index (χ1n) is 8.09. The molecule has 1 aromatic heterocycles. The van der Waals surface area contributed by atoms with Crippen molar-refractivity contribution < 1.29 is 0 Å². The fraction of sp³-hybridized carbons (Fsp3) is 0.211. The number of thiazole rings is 1. The molecule has 1 aliphatic rings. The molecule has 0 bridgehead atoms. The van der Waals surface area contributed by atoms with Crippen molar-refractivity contribution in [1.29, 1.82) is 0 Å². The number of benzene rings is 2. The molecule has 27 heavy (non-hydrogen) atoms. The maximum Gasteiger partial charge on any atom is 0.219 e. The van der Waals surface area contributed by atoms with Crippen LogP contribution in [0.5, 0.6) is 0 Å². The molecule has 142 valence electrons. The summed E-state index contributed by atoms with van der Waals surface area (Å²) < 4.78 is 1.22. The van der Waals surface area contributed by atoms with Gasteiger partial charge in [-0.1, -0.05) is 6.07 Å². The molecule has 0 spiro atoms. The van der Waals surface area contributed by atoms with E-state index in [1.165, 1.54) is 10.3 Å². The largest absolute Gasteiger partial charge is 0.368 e. The summed E-state index contributed by atoms with van der Waals surface area (Å²) in [5.74, 6) is 0.308. The maximum absolute atomic E-state index is 5.72. The Morgan fingerprint density at radius 1 is 1.04 bits per heavy atom. The van der Waals surface area contributed by atoms with Gasteiger partial charge in [0.2, 0.25) is 5.96 Å². The lowest BCUT2D eigenvalue weighted by Gasteiger charge is -2.35. The molecule has 8 heteroatoms. The highest BCUT2D eigenvalue weighted by atomic mass is 35.5. The van der Waals surface area contributed by atoms with Crippen molar-refractivity contribution in [3.63, 3.8) is 0 Å². The highest BCUT2D eigenvalue weighted by Crippen LogP contribution is 2.33. The second-order valence-electron chi connectivity index (χ2n) is 6.62. The average molecular weight is 422 g/mol. The van der Waals surface area contributed by atoms with Crippen molar-refractivity contribution in [2.24, 2.45) is 15.7 Å². The summed E-state index contributed by atoms with van der Waals surface area (Å²) in [5.41, 5.74) is 9.69. The molecule has 4 rings (SSSR count). The van der Waals surface area contributed by atoms with E-state index in [-0.39, 0.29) is 24.8 Å². The zero-order valence-electron chi connectivity index (χ0n) is 15.2. The summed E-state index contributed by atoms with van der Waals surface area (Å²) in [4.78, 5) is 15.3. The number of anilines is 1. The topological polar surface area (TPSA) is 66.9 Å². The van der Waals surface area contributed by atoms with Crippen LogP contribution in [0.15, 0.2) is 52.4 Å². The number of nitrogens with two attached hydrogens (primary N) is 1. The molecular weight excluding hydrogens is 401 g/mol. The van der Waals surface area contributed by atoms with Gasteiger partial charge >= 0.3 is 0 Å². The van der Waals surface area contributed by atoms with E-state index in [9.17, 15) is 0 Å². The van der Waals surface area contributed by atoms with E-state index < -0.39 is 5.66 Å². The van der Waals surface area contributed by atoms with Gasteiger partial charge in [0.25, 0.3) is 0 Å². The Labute approximate surface area is 174 Å². The number of fused-ring (bicyclic) bond motifs is 1. The second kappa shape index (κ2) is 7.84. The van der Waals surface area contributed by atoms with Crippen LogP contribution in [0.3, 0.4) is 0 Å². The van der Waals surface area contributed by atoms with E-state index in [0.29, 0.717) is 5.96 Å². The molecule has 0 saturated carbocycles. The first kappa shape index (κ1) is 21.2. The highest BCUT2D eigenvalue weighted by Gasteiger charge is 2.28. The number of hydrogen-bond acceptors (Lipinski definition) is 6. The summed E-state index contributed by atoms with van der Waals surface area (Å²) >= 11 is 1.72. The van der Waals surface area contributed by atoms with E-state index in [0.717, 1.165) is 21.8 Å². The minimum absolute atomic E-state index is 0. The lowest BCUT2D eigenvalue weighted by Crippen LogP contribution is -2.46. The first-order chi connectivity index (χ1) is 11.9. The van der Waals surface area contributed by atoms with Crippen LogP contribution in [0.25, 0.3) is 20.8 Å². The summed E-state index contributed by atoms with van der Waals surface area (Å²) in [6, 6.07) is 14.7. The van der Waals surface area contributed by atoms with Gasteiger partial charge in [-0.25, -0.2) is 15.0 Å². The van der Waals surface area contributed by atoms with Crippen LogP contribution in [-0.4, -0.2) is 22.9 Å². The van der Waals surface area contributed by atoms with Gasteiger partial charge in [-0.15, -0.1) is 36.2 Å². The van der Waals surface area contributed by atoms with Crippen LogP contribution in [0.4, 0.5) is 5.69 Å². The molecule has 0 aliphatic carbocycles. The third-order valence-corrected chi connectivity index (χ3v) is 5.29. The van der Waals surface area contributed by atoms with E-state index in [2.05, 4.69) is 59.4 Å². The Bertz CT molecular complexity index is 1010. The van der Waals surface area contributed by atoms with E-state index >= 15 is 0 Å². The number of aromatic nitrogens is 1. The second-order valence-corrected chi connectivity index (χ2v) is 7.65. The number of aliphatic imine (C=N–C) groups is 2. The van der Waals surface area contributed by atoms with E-state index in [4.69, 9.17) is 10.7 Å². The lowest BCUT2D eigenvalue weighted by molar-refractivity contribution is 0.540. The standard InChI is InChI=1S/C19H19N5S.2ClH/c1-12-4-9-15-16(10-12)25-17(22-15)13-5-7-14(8-6-13)24-11-21-18(20)23-19(24,2)3;;/h4-11H,1-3H3,(H2,20,23);2*1H. The third kappa shape index (κ3) is 4.08. The molecule has 0 unspecified atom stereocenters. The molecule has 2 N–H and O–H groups in total. The van der Waals surface area contributed by atoms with E-state index in [1.807, 2.05) is 18.7 Å². The van der Waals surface area contributed by atoms with Crippen molar-refractivity contribution >= 4 is 64.4 Å². The molecule has 0 amide bonds. The molecule has 3 aromatic rings. The number of hydrogen-bond donors (Lipinski definition) is 1. The fourth-order valence-corrected chi connectivity index (χ4v) is 3.99. The summed E-state index contributed by atoms with van der Waals surface area (Å²) in [7, 11) is 0. The van der Waals surface area contributed by atoms with Gasteiger partial charge in [-0.2, -0.15) is 0 Å². The Morgan fingerprint density at radius 3 is 2.41 bits per heavy atom. The molecule has 5 nitrogen and oxygen atoms in total. The van der Waals surface area contributed by atoms with Crippen molar-refractivity contribution in [1.82, 2.24) is 4.98 Å². The van der Waals surface area contributed by atoms with Crippen LogP contribution < -0.4 is 10.6 Å². The van der Waals surface area contributed by atoms with Gasteiger partial charge in [-0.05, 0) is 62.7 Å². The number of nitrogens with zero attached hydrogens (tertiary/aromatic N) is 4. The predicted molar refractivity (Wildman–Crippen MR) is 121 cm³/mol. The summed E-state index contributed by atoms with van der Waals surface area (Å²) in [5, 5.41) is 1.03. The monoisotopic (exact) mass is 421 g/mol. The molecule has 2 heterocycles. The Morgan fingerprint density at radius 2 is 1.74 bits per heavy atom. The number of aryl methyl sites for hydroxylation is 1. The summed E-state index contributed by atoms with van der Waals surface area (Å²) in [6.07, 6.45) is 1.73. The minimum Gasteiger partial charge on any atom is -0.368 e. The maximum atomic E-state index is 5.72. The number of halogens is 2. The van der Waals surface area contributed by atoms with Crippen LogP contribution in [-0.2, 0) is 0 Å². The Balaban J connectivity index is 0.00000131. The SMILES string of the molecule is Cc1ccc2nc(-c3ccc(N4C=NC(N)=NC4(C)C)cc3)sc2c1.Cl.Cl. The minimum atomic E-state index is -0.458. The molecule has 0 radical (unpaired) electrons. The molecule has 2 aromatic carbocycles. The quantitative estimate of drug-likeness (QED) is 0.631.